The normalized spacial score (nSPS) is 16.4. The van der Waals surface area contributed by atoms with Gasteiger partial charge in [0.25, 0.3) is 0 Å². The minimum Gasteiger partial charge on any atom is -0.382 e. The summed E-state index contributed by atoms with van der Waals surface area (Å²) in [5.74, 6) is -0.858. The third-order valence-corrected chi connectivity index (χ3v) is 1.96. The van der Waals surface area contributed by atoms with E-state index in [-0.39, 0.29) is 12.4 Å². The van der Waals surface area contributed by atoms with Crippen molar-refractivity contribution in [2.24, 2.45) is 5.73 Å². The van der Waals surface area contributed by atoms with E-state index in [1.165, 1.54) is 7.11 Å². The van der Waals surface area contributed by atoms with Crippen molar-refractivity contribution in [2.45, 2.75) is 17.3 Å². The molecule has 1 heterocycles. The van der Waals surface area contributed by atoms with Crippen LogP contribution < -0.4 is 5.73 Å². The number of rotatable bonds is 4. The van der Waals surface area contributed by atoms with Gasteiger partial charge in [-0.15, -0.1) is 0 Å². The molecule has 0 aliphatic rings. The van der Waals surface area contributed by atoms with Crippen LogP contribution >= 0.6 is 15.9 Å². The third-order valence-electron chi connectivity index (χ3n) is 1.62. The van der Waals surface area contributed by atoms with E-state index in [4.69, 9.17) is 10.5 Å². The molecule has 1 unspecified atom stereocenters. The van der Waals surface area contributed by atoms with Gasteiger partial charge in [-0.2, -0.15) is 13.8 Å². The Kier molecular flexibility index (Phi) is 3.41. The van der Waals surface area contributed by atoms with Gasteiger partial charge in [0, 0.05) is 23.0 Å². The van der Waals surface area contributed by atoms with Crippen molar-refractivity contribution in [2.75, 3.05) is 13.7 Å². The van der Waals surface area contributed by atoms with Crippen molar-refractivity contribution >= 4 is 15.9 Å². The lowest BCUT2D eigenvalue weighted by Crippen LogP contribution is -2.39. The standard InChI is InChI=1S/C7H10BrF2N3O2/c1-6(11,3-14-2)4-12-5(15-13-4)7(8,9)10/h3,11H2,1-2H3. The first-order chi connectivity index (χ1) is 6.77. The molecular weight excluding hydrogens is 276 g/mol. The third kappa shape index (κ3) is 2.93. The maximum Gasteiger partial charge on any atom is 0.378 e. The van der Waals surface area contributed by atoms with E-state index in [1.807, 2.05) is 0 Å². The molecule has 0 radical (unpaired) electrons. The van der Waals surface area contributed by atoms with Crippen LogP contribution in [-0.2, 0) is 15.1 Å². The molecule has 0 amide bonds. The summed E-state index contributed by atoms with van der Waals surface area (Å²) in [5.41, 5.74) is 4.67. The number of hydrogen-bond acceptors (Lipinski definition) is 5. The summed E-state index contributed by atoms with van der Waals surface area (Å²) in [6.07, 6.45) is 0. The average Bonchev–Trinajstić information content (AvgIpc) is 2.50. The molecule has 0 aromatic carbocycles. The van der Waals surface area contributed by atoms with Gasteiger partial charge in [-0.25, -0.2) is 0 Å². The first-order valence-corrected chi connectivity index (χ1v) is 4.76. The highest BCUT2D eigenvalue weighted by Gasteiger charge is 2.37. The smallest absolute Gasteiger partial charge is 0.378 e. The number of aromatic nitrogens is 2. The Balaban J connectivity index is 2.94. The van der Waals surface area contributed by atoms with E-state index in [1.54, 1.807) is 6.92 Å². The van der Waals surface area contributed by atoms with E-state index in [2.05, 4.69) is 30.6 Å². The predicted molar refractivity (Wildman–Crippen MR) is 50.5 cm³/mol. The Bertz CT molecular complexity index is 337. The molecule has 2 N–H and O–H groups in total. The predicted octanol–water partition coefficient (Wildman–Crippen LogP) is 1.33. The molecule has 1 aromatic heterocycles. The van der Waals surface area contributed by atoms with Gasteiger partial charge in [0.2, 0.25) is 0 Å². The highest BCUT2D eigenvalue weighted by atomic mass is 79.9. The number of nitrogens with two attached hydrogens (primary N) is 1. The van der Waals surface area contributed by atoms with Crippen LogP contribution in [0.1, 0.15) is 18.6 Å². The fourth-order valence-electron chi connectivity index (χ4n) is 0.935. The lowest BCUT2D eigenvalue weighted by molar-refractivity contribution is 0.0725. The van der Waals surface area contributed by atoms with Gasteiger partial charge < -0.3 is 15.0 Å². The zero-order chi connectivity index (χ0) is 11.7. The number of halogens is 3. The van der Waals surface area contributed by atoms with Crippen molar-refractivity contribution in [1.82, 2.24) is 10.1 Å². The molecule has 0 aliphatic heterocycles. The van der Waals surface area contributed by atoms with E-state index in [0.29, 0.717) is 0 Å². The number of nitrogens with zero attached hydrogens (tertiary/aromatic N) is 2. The maximum absolute atomic E-state index is 12.7. The summed E-state index contributed by atoms with van der Waals surface area (Å²) in [6.45, 7) is 1.65. The molecule has 0 fully saturated rings. The molecular formula is C7H10BrF2N3O2. The summed E-state index contributed by atoms with van der Waals surface area (Å²) in [7, 11) is 1.44. The van der Waals surface area contributed by atoms with Crippen molar-refractivity contribution in [1.29, 1.82) is 0 Å². The second kappa shape index (κ2) is 4.11. The Labute approximate surface area is 93.1 Å². The molecule has 0 saturated carbocycles. The van der Waals surface area contributed by atoms with Crippen LogP contribution in [0.15, 0.2) is 4.52 Å². The number of alkyl halides is 3. The SMILES string of the molecule is COCC(C)(N)c1noc(C(F)(F)Br)n1. The molecule has 8 heteroatoms. The molecule has 1 atom stereocenters. The van der Waals surface area contributed by atoms with Gasteiger partial charge in [-0.3, -0.25) is 0 Å². The Hall–Kier alpha value is -0.600. The largest absolute Gasteiger partial charge is 0.382 e. The van der Waals surface area contributed by atoms with Crippen LogP contribution in [0.3, 0.4) is 0 Å². The summed E-state index contributed by atoms with van der Waals surface area (Å²) in [5, 5.41) is 3.37. The Morgan fingerprint density at radius 3 is 2.60 bits per heavy atom. The van der Waals surface area contributed by atoms with Gasteiger partial charge in [0.05, 0.1) is 6.61 Å². The van der Waals surface area contributed by atoms with Crippen LogP contribution in [0.25, 0.3) is 0 Å². The summed E-state index contributed by atoms with van der Waals surface area (Å²) in [4.78, 5) is 0.146. The number of methoxy groups -OCH3 is 1. The van der Waals surface area contributed by atoms with E-state index >= 15 is 0 Å². The molecule has 0 aliphatic carbocycles. The summed E-state index contributed by atoms with van der Waals surface area (Å²) < 4.78 is 34.6. The minimum absolute atomic E-state index is 0.0292. The molecule has 86 valence electrons. The first-order valence-electron chi connectivity index (χ1n) is 3.96. The lowest BCUT2D eigenvalue weighted by Gasteiger charge is -2.18. The van der Waals surface area contributed by atoms with E-state index in [0.717, 1.165) is 0 Å². The maximum atomic E-state index is 12.7. The van der Waals surface area contributed by atoms with Gasteiger partial charge in [0.15, 0.2) is 5.82 Å². The molecule has 0 saturated heterocycles. The van der Waals surface area contributed by atoms with Crippen molar-refractivity contribution in [3.05, 3.63) is 11.7 Å². The number of hydrogen-bond donors (Lipinski definition) is 1. The van der Waals surface area contributed by atoms with Gasteiger partial charge in [-0.1, -0.05) is 5.16 Å². The van der Waals surface area contributed by atoms with Gasteiger partial charge in [0.1, 0.15) is 5.54 Å². The second-order valence-electron chi connectivity index (χ2n) is 3.27. The highest BCUT2D eigenvalue weighted by Crippen LogP contribution is 2.33. The highest BCUT2D eigenvalue weighted by molar-refractivity contribution is 9.09. The Morgan fingerprint density at radius 1 is 1.60 bits per heavy atom. The lowest BCUT2D eigenvalue weighted by atomic mass is 10.1. The average molecular weight is 286 g/mol. The zero-order valence-corrected chi connectivity index (χ0v) is 9.72. The van der Waals surface area contributed by atoms with Crippen molar-refractivity contribution in [3.8, 4) is 0 Å². The van der Waals surface area contributed by atoms with Crippen LogP contribution in [0.4, 0.5) is 8.78 Å². The second-order valence-corrected chi connectivity index (χ2v) is 4.27. The van der Waals surface area contributed by atoms with Gasteiger partial charge in [-0.05, 0) is 6.92 Å². The van der Waals surface area contributed by atoms with E-state index < -0.39 is 16.3 Å². The summed E-state index contributed by atoms with van der Waals surface area (Å²) in [6, 6.07) is 0. The van der Waals surface area contributed by atoms with E-state index in [9.17, 15) is 8.78 Å². The molecule has 0 bridgehead atoms. The molecule has 5 nitrogen and oxygen atoms in total. The first kappa shape index (κ1) is 12.5. The fourth-order valence-corrected chi connectivity index (χ4v) is 1.10. The number of ether oxygens (including phenoxy) is 1. The van der Waals surface area contributed by atoms with Crippen molar-refractivity contribution in [3.63, 3.8) is 0 Å². The molecule has 1 rings (SSSR count). The summed E-state index contributed by atoms with van der Waals surface area (Å²) >= 11 is 2.10. The topological polar surface area (TPSA) is 74.2 Å². The van der Waals surface area contributed by atoms with Crippen LogP contribution in [0, 0.1) is 0 Å². The van der Waals surface area contributed by atoms with Crippen LogP contribution in [-0.4, -0.2) is 23.9 Å². The fraction of sp³-hybridized carbons (Fsp3) is 0.714. The quantitative estimate of drug-likeness (QED) is 0.845. The van der Waals surface area contributed by atoms with Crippen molar-refractivity contribution < 1.29 is 18.0 Å². The zero-order valence-electron chi connectivity index (χ0n) is 8.13. The van der Waals surface area contributed by atoms with Gasteiger partial charge >= 0.3 is 10.7 Å². The molecule has 1 aromatic rings. The minimum atomic E-state index is -3.35. The van der Waals surface area contributed by atoms with Crippen LogP contribution in [0.5, 0.6) is 0 Å². The monoisotopic (exact) mass is 285 g/mol. The Morgan fingerprint density at radius 2 is 2.20 bits per heavy atom. The molecule has 15 heavy (non-hydrogen) atoms. The van der Waals surface area contributed by atoms with Crippen LogP contribution in [0.2, 0.25) is 0 Å². The molecule has 0 spiro atoms.